The summed E-state index contributed by atoms with van der Waals surface area (Å²) in [6.07, 6.45) is 3.86. The van der Waals surface area contributed by atoms with Gasteiger partial charge in [0.15, 0.2) is 0 Å². The van der Waals surface area contributed by atoms with Gasteiger partial charge in [-0.25, -0.2) is 0 Å². The van der Waals surface area contributed by atoms with Crippen LogP contribution in [0, 0.1) is 17.2 Å². The molecule has 0 saturated heterocycles. The third-order valence-corrected chi connectivity index (χ3v) is 4.53. The van der Waals surface area contributed by atoms with Crippen molar-refractivity contribution < 1.29 is 4.79 Å². The topological polar surface area (TPSA) is 52.9 Å². The van der Waals surface area contributed by atoms with E-state index in [4.69, 9.17) is 0 Å². The van der Waals surface area contributed by atoms with Crippen LogP contribution in [0.25, 0.3) is 0 Å². The summed E-state index contributed by atoms with van der Waals surface area (Å²) in [6.45, 7) is 2.20. The van der Waals surface area contributed by atoms with Crippen molar-refractivity contribution in [2.45, 2.75) is 44.6 Å². The maximum absolute atomic E-state index is 12.1. The lowest BCUT2D eigenvalue weighted by molar-refractivity contribution is -0.122. The third-order valence-electron chi connectivity index (χ3n) is 4.00. The Morgan fingerprint density at radius 3 is 2.55 bits per heavy atom. The van der Waals surface area contributed by atoms with Crippen molar-refractivity contribution in [2.75, 3.05) is 0 Å². The quantitative estimate of drug-likeness (QED) is 0.918. The van der Waals surface area contributed by atoms with Crippen LogP contribution in [-0.4, -0.2) is 11.4 Å². The van der Waals surface area contributed by atoms with Crippen molar-refractivity contribution in [2.24, 2.45) is 5.92 Å². The summed E-state index contributed by atoms with van der Waals surface area (Å²) < 4.78 is 0.997. The monoisotopic (exact) mass is 334 g/mol. The molecule has 1 fully saturated rings. The van der Waals surface area contributed by atoms with Crippen LogP contribution in [0.4, 0.5) is 0 Å². The van der Waals surface area contributed by atoms with E-state index in [0.29, 0.717) is 12.3 Å². The fourth-order valence-electron chi connectivity index (χ4n) is 2.62. The predicted molar refractivity (Wildman–Crippen MR) is 82.0 cm³/mol. The number of benzene rings is 1. The molecule has 0 aliphatic heterocycles. The van der Waals surface area contributed by atoms with Crippen LogP contribution in [0.15, 0.2) is 28.7 Å². The zero-order chi connectivity index (χ0) is 14.6. The summed E-state index contributed by atoms with van der Waals surface area (Å²) in [6, 6.07) is 10.0. The molecule has 0 unspecified atom stereocenters. The first kappa shape index (κ1) is 15.1. The van der Waals surface area contributed by atoms with Gasteiger partial charge in [-0.15, -0.1) is 0 Å². The summed E-state index contributed by atoms with van der Waals surface area (Å²) in [5, 5.41) is 12.4. The van der Waals surface area contributed by atoms with Gasteiger partial charge in [0.25, 0.3) is 0 Å². The fraction of sp³-hybridized carbons (Fsp3) is 0.500. The third kappa shape index (κ3) is 3.83. The first-order valence-corrected chi connectivity index (χ1v) is 7.79. The number of amides is 1. The number of hydrogen-bond acceptors (Lipinski definition) is 2. The van der Waals surface area contributed by atoms with E-state index >= 15 is 0 Å². The molecule has 1 aliphatic carbocycles. The zero-order valence-corrected chi connectivity index (χ0v) is 13.2. The van der Waals surface area contributed by atoms with E-state index in [1.165, 1.54) is 0 Å². The molecule has 4 heteroatoms. The van der Waals surface area contributed by atoms with Crippen molar-refractivity contribution in [3.05, 3.63) is 34.3 Å². The highest BCUT2D eigenvalue weighted by Crippen LogP contribution is 2.31. The first-order chi connectivity index (χ1) is 9.53. The molecule has 20 heavy (non-hydrogen) atoms. The SMILES string of the molecule is CC1CCC(C#N)(NC(=O)Cc2ccc(Br)cc2)CC1. The normalized spacial score (nSPS) is 25.8. The minimum atomic E-state index is -0.654. The summed E-state index contributed by atoms with van der Waals surface area (Å²) in [5.74, 6) is 0.586. The van der Waals surface area contributed by atoms with E-state index in [1.54, 1.807) is 0 Å². The molecule has 0 bridgehead atoms. The minimum absolute atomic E-state index is 0.0663. The van der Waals surface area contributed by atoms with Gasteiger partial charge in [-0.1, -0.05) is 35.0 Å². The van der Waals surface area contributed by atoms with Gasteiger partial charge in [0.05, 0.1) is 12.5 Å². The van der Waals surface area contributed by atoms with Crippen LogP contribution in [-0.2, 0) is 11.2 Å². The van der Waals surface area contributed by atoms with Gasteiger partial charge in [-0.3, -0.25) is 4.79 Å². The largest absolute Gasteiger partial charge is 0.338 e. The number of halogens is 1. The van der Waals surface area contributed by atoms with Crippen LogP contribution in [0.1, 0.15) is 38.2 Å². The Hall–Kier alpha value is -1.34. The Labute approximate surface area is 128 Å². The highest BCUT2D eigenvalue weighted by molar-refractivity contribution is 9.10. The second kappa shape index (κ2) is 6.41. The average Bonchev–Trinajstić information content (AvgIpc) is 2.44. The van der Waals surface area contributed by atoms with Gasteiger partial charge in [0.2, 0.25) is 5.91 Å². The van der Waals surface area contributed by atoms with Crippen molar-refractivity contribution in [3.8, 4) is 6.07 Å². The van der Waals surface area contributed by atoms with Crippen molar-refractivity contribution in [3.63, 3.8) is 0 Å². The van der Waals surface area contributed by atoms with Gasteiger partial charge >= 0.3 is 0 Å². The highest BCUT2D eigenvalue weighted by atomic mass is 79.9. The lowest BCUT2D eigenvalue weighted by atomic mass is 9.78. The second-order valence-corrected chi connectivity index (χ2v) is 6.64. The number of rotatable bonds is 3. The molecule has 106 valence electrons. The van der Waals surface area contributed by atoms with Crippen LogP contribution < -0.4 is 5.32 Å². The standard InChI is InChI=1S/C16H19BrN2O/c1-12-6-8-16(11-18,9-7-12)19-15(20)10-13-2-4-14(17)5-3-13/h2-5,12H,6-10H2,1H3,(H,19,20). The van der Waals surface area contributed by atoms with Crippen LogP contribution in [0.3, 0.4) is 0 Å². The molecule has 1 aromatic carbocycles. The molecule has 0 spiro atoms. The highest BCUT2D eigenvalue weighted by Gasteiger charge is 2.35. The van der Waals surface area contributed by atoms with Crippen LogP contribution in [0.2, 0.25) is 0 Å². The maximum atomic E-state index is 12.1. The van der Waals surface area contributed by atoms with Crippen molar-refractivity contribution >= 4 is 21.8 Å². The molecule has 0 heterocycles. The molecule has 0 aromatic heterocycles. The maximum Gasteiger partial charge on any atom is 0.225 e. The Morgan fingerprint density at radius 1 is 1.40 bits per heavy atom. The molecule has 1 aromatic rings. The molecule has 1 amide bonds. The molecular formula is C16H19BrN2O. The Kier molecular flexibility index (Phi) is 4.82. The first-order valence-electron chi connectivity index (χ1n) is 7.00. The minimum Gasteiger partial charge on any atom is -0.338 e. The van der Waals surface area contributed by atoms with E-state index in [0.717, 1.165) is 35.7 Å². The van der Waals surface area contributed by atoms with E-state index < -0.39 is 5.54 Å². The number of carbonyl (C=O) groups excluding carboxylic acids is 1. The number of hydrogen-bond donors (Lipinski definition) is 1. The molecular weight excluding hydrogens is 316 g/mol. The molecule has 1 saturated carbocycles. The Bertz CT molecular complexity index is 510. The Balaban J connectivity index is 1.96. The number of nitrogens with zero attached hydrogens (tertiary/aromatic N) is 1. The van der Waals surface area contributed by atoms with Crippen molar-refractivity contribution in [1.82, 2.24) is 5.32 Å². The summed E-state index contributed by atoms with van der Waals surface area (Å²) >= 11 is 3.37. The molecule has 0 radical (unpaired) electrons. The van der Waals surface area contributed by atoms with Gasteiger partial charge in [-0.2, -0.15) is 5.26 Å². The Morgan fingerprint density at radius 2 is 2.00 bits per heavy atom. The molecule has 1 aliphatic rings. The van der Waals surface area contributed by atoms with Crippen molar-refractivity contribution in [1.29, 1.82) is 5.26 Å². The van der Waals surface area contributed by atoms with Gasteiger partial charge in [0.1, 0.15) is 5.54 Å². The number of carbonyl (C=O) groups is 1. The van der Waals surface area contributed by atoms with E-state index in [1.807, 2.05) is 24.3 Å². The number of nitriles is 1. The van der Waals surface area contributed by atoms with Gasteiger partial charge < -0.3 is 5.32 Å². The fourth-order valence-corrected chi connectivity index (χ4v) is 2.88. The molecule has 3 nitrogen and oxygen atoms in total. The smallest absolute Gasteiger partial charge is 0.225 e. The average molecular weight is 335 g/mol. The summed E-state index contributed by atoms with van der Waals surface area (Å²) in [7, 11) is 0. The molecule has 1 N–H and O–H groups in total. The summed E-state index contributed by atoms with van der Waals surface area (Å²) in [4.78, 5) is 12.1. The second-order valence-electron chi connectivity index (χ2n) is 5.73. The molecule has 2 rings (SSSR count). The van der Waals surface area contributed by atoms with E-state index in [9.17, 15) is 10.1 Å². The van der Waals surface area contributed by atoms with E-state index in [2.05, 4.69) is 34.2 Å². The lowest BCUT2D eigenvalue weighted by Gasteiger charge is -2.34. The van der Waals surface area contributed by atoms with Gasteiger partial charge in [-0.05, 0) is 49.3 Å². The summed E-state index contributed by atoms with van der Waals surface area (Å²) in [5.41, 5.74) is 0.307. The van der Waals surface area contributed by atoms with E-state index in [-0.39, 0.29) is 5.91 Å². The number of nitrogens with one attached hydrogen (secondary N) is 1. The van der Waals surface area contributed by atoms with Gasteiger partial charge in [0, 0.05) is 4.47 Å². The molecule has 0 atom stereocenters. The lowest BCUT2D eigenvalue weighted by Crippen LogP contribution is -2.50. The van der Waals surface area contributed by atoms with Crippen LogP contribution in [0.5, 0.6) is 0 Å². The predicted octanol–water partition coefficient (Wildman–Crippen LogP) is 3.58. The van der Waals surface area contributed by atoms with Crippen LogP contribution >= 0.6 is 15.9 Å². The zero-order valence-electron chi connectivity index (χ0n) is 11.7.